The molecule has 0 saturated heterocycles. The van der Waals surface area contributed by atoms with Crippen molar-refractivity contribution in [2.75, 3.05) is 0 Å². The third kappa shape index (κ3) is 4.89. The molecule has 0 saturated carbocycles. The summed E-state index contributed by atoms with van der Waals surface area (Å²) in [4.78, 5) is 10.1. The largest absolute Gasteiger partial charge is 0.228 e. The molecule has 9 rings (SSSR count). The van der Waals surface area contributed by atoms with Crippen molar-refractivity contribution in [1.82, 2.24) is 9.97 Å². The van der Waals surface area contributed by atoms with Crippen molar-refractivity contribution in [2.24, 2.45) is 0 Å². The summed E-state index contributed by atoms with van der Waals surface area (Å²) in [6, 6.07) is 69.2. The summed E-state index contributed by atoms with van der Waals surface area (Å²) in [7, 11) is 0. The molecule has 2 heteroatoms. The first-order valence-corrected chi connectivity index (χ1v) is 16.8. The van der Waals surface area contributed by atoms with Crippen LogP contribution >= 0.6 is 0 Å². The molecule has 1 aliphatic carbocycles. The van der Waals surface area contributed by atoms with Crippen LogP contribution in [0, 0.1) is 0 Å². The Morgan fingerprint density at radius 3 is 1.33 bits per heavy atom. The molecule has 0 spiro atoms. The fourth-order valence-electron chi connectivity index (χ4n) is 7.53. The molecule has 0 aliphatic heterocycles. The van der Waals surface area contributed by atoms with Crippen molar-refractivity contribution in [1.29, 1.82) is 0 Å². The number of rotatable bonds is 6. The fourth-order valence-corrected chi connectivity index (χ4v) is 7.53. The van der Waals surface area contributed by atoms with E-state index in [-0.39, 0.29) is 0 Å². The highest BCUT2D eigenvalue weighted by molar-refractivity contribution is 5.89. The molecule has 0 fully saturated rings. The van der Waals surface area contributed by atoms with Gasteiger partial charge in [0, 0.05) is 16.7 Å². The molecule has 1 aromatic heterocycles. The van der Waals surface area contributed by atoms with E-state index in [1.165, 1.54) is 38.9 Å². The van der Waals surface area contributed by atoms with Crippen LogP contribution in [-0.2, 0) is 5.41 Å². The zero-order chi connectivity index (χ0) is 32.6. The van der Waals surface area contributed by atoms with Crippen molar-refractivity contribution in [3.05, 3.63) is 216 Å². The Morgan fingerprint density at radius 2 is 0.755 bits per heavy atom. The maximum Gasteiger partial charge on any atom is 0.160 e. The minimum absolute atomic E-state index is 0.394. The predicted molar refractivity (Wildman–Crippen MR) is 201 cm³/mol. The molecule has 8 aromatic rings. The minimum Gasteiger partial charge on any atom is -0.228 e. The lowest BCUT2D eigenvalue weighted by molar-refractivity contribution is 0.768. The van der Waals surface area contributed by atoms with Crippen LogP contribution in [0.1, 0.15) is 22.3 Å². The first kappa shape index (κ1) is 28.8. The molecule has 7 aromatic carbocycles. The first-order chi connectivity index (χ1) is 24.3. The van der Waals surface area contributed by atoms with Gasteiger partial charge in [-0.15, -0.1) is 0 Å². The maximum absolute atomic E-state index is 5.04. The third-order valence-corrected chi connectivity index (χ3v) is 9.80. The molecule has 0 N–H and O–H groups in total. The summed E-state index contributed by atoms with van der Waals surface area (Å²) in [6.07, 6.45) is 0. The van der Waals surface area contributed by atoms with Crippen LogP contribution in [0.5, 0.6) is 0 Å². The molecular formula is C47H32N2. The lowest BCUT2D eigenvalue weighted by Crippen LogP contribution is -2.28. The van der Waals surface area contributed by atoms with Gasteiger partial charge in [-0.25, -0.2) is 9.97 Å². The second kappa shape index (κ2) is 12.0. The van der Waals surface area contributed by atoms with E-state index in [9.17, 15) is 0 Å². The van der Waals surface area contributed by atoms with E-state index in [2.05, 4.69) is 158 Å². The predicted octanol–water partition coefficient (Wildman–Crippen LogP) is 11.5. The first-order valence-electron chi connectivity index (χ1n) is 16.8. The van der Waals surface area contributed by atoms with Gasteiger partial charge in [-0.05, 0) is 56.6 Å². The normalized spacial score (nSPS) is 12.7. The van der Waals surface area contributed by atoms with Crippen LogP contribution < -0.4 is 0 Å². The summed E-state index contributed by atoms with van der Waals surface area (Å²) in [6.45, 7) is 0. The van der Waals surface area contributed by atoms with Crippen molar-refractivity contribution in [3.63, 3.8) is 0 Å². The number of benzene rings is 7. The van der Waals surface area contributed by atoms with Gasteiger partial charge < -0.3 is 0 Å². The van der Waals surface area contributed by atoms with Crippen LogP contribution in [0.2, 0.25) is 0 Å². The Balaban J connectivity index is 1.15. The Morgan fingerprint density at radius 1 is 0.306 bits per heavy atom. The van der Waals surface area contributed by atoms with E-state index < -0.39 is 5.41 Å². The molecule has 0 amide bonds. The molecular weight excluding hydrogens is 593 g/mol. The quantitative estimate of drug-likeness (QED) is 0.184. The van der Waals surface area contributed by atoms with E-state index in [4.69, 9.17) is 9.97 Å². The van der Waals surface area contributed by atoms with E-state index in [1.807, 2.05) is 36.4 Å². The van der Waals surface area contributed by atoms with Crippen LogP contribution in [0.4, 0.5) is 0 Å². The average molecular weight is 625 g/mol. The molecule has 1 aliphatic rings. The van der Waals surface area contributed by atoms with Gasteiger partial charge in [-0.1, -0.05) is 182 Å². The summed E-state index contributed by atoms with van der Waals surface area (Å²) >= 11 is 0. The fraction of sp³-hybridized carbons (Fsp3) is 0.0213. The summed E-state index contributed by atoms with van der Waals surface area (Å²) in [5.41, 5.74) is 14.6. The lowest BCUT2D eigenvalue weighted by Gasteiger charge is -2.33. The molecule has 0 unspecified atom stereocenters. The second-order valence-corrected chi connectivity index (χ2v) is 12.6. The van der Waals surface area contributed by atoms with Crippen molar-refractivity contribution < 1.29 is 0 Å². The van der Waals surface area contributed by atoms with Crippen molar-refractivity contribution in [3.8, 4) is 56.2 Å². The number of nitrogens with zero attached hydrogens (tertiary/aromatic N) is 2. The van der Waals surface area contributed by atoms with Gasteiger partial charge in [-0.3, -0.25) is 0 Å². The molecule has 230 valence electrons. The van der Waals surface area contributed by atoms with Gasteiger partial charge in [0.15, 0.2) is 5.82 Å². The molecule has 49 heavy (non-hydrogen) atoms. The SMILES string of the molecule is c1ccc(-c2cc(-c3ccccc3)nc(-c3ccc(-c4ccc5c(c4)-c4ccccc4C5(c4ccccc4)c4ccccc4)cc3)n2)cc1. The van der Waals surface area contributed by atoms with Crippen molar-refractivity contribution >= 4 is 0 Å². The Hall–Kier alpha value is -6.38. The summed E-state index contributed by atoms with van der Waals surface area (Å²) in [5.74, 6) is 0.713. The number of hydrogen-bond donors (Lipinski definition) is 0. The van der Waals surface area contributed by atoms with Crippen LogP contribution in [-0.4, -0.2) is 9.97 Å². The Kier molecular flexibility index (Phi) is 7.06. The smallest absolute Gasteiger partial charge is 0.160 e. The highest BCUT2D eigenvalue weighted by atomic mass is 14.9. The Labute approximate surface area is 287 Å². The van der Waals surface area contributed by atoms with Gasteiger partial charge in [0.1, 0.15) is 0 Å². The lowest BCUT2D eigenvalue weighted by atomic mass is 9.67. The number of aromatic nitrogens is 2. The molecule has 0 radical (unpaired) electrons. The molecule has 1 heterocycles. The zero-order valence-electron chi connectivity index (χ0n) is 26.9. The van der Waals surface area contributed by atoms with Crippen LogP contribution in [0.25, 0.3) is 56.2 Å². The molecule has 2 nitrogen and oxygen atoms in total. The van der Waals surface area contributed by atoms with Gasteiger partial charge in [0.25, 0.3) is 0 Å². The monoisotopic (exact) mass is 624 g/mol. The van der Waals surface area contributed by atoms with Gasteiger partial charge in [-0.2, -0.15) is 0 Å². The Bertz CT molecular complexity index is 2300. The second-order valence-electron chi connectivity index (χ2n) is 12.6. The van der Waals surface area contributed by atoms with Gasteiger partial charge in [0.2, 0.25) is 0 Å². The molecule has 0 bridgehead atoms. The summed E-state index contributed by atoms with van der Waals surface area (Å²) < 4.78 is 0. The van der Waals surface area contributed by atoms with Crippen LogP contribution in [0.3, 0.4) is 0 Å². The maximum atomic E-state index is 5.04. The van der Waals surface area contributed by atoms with Crippen LogP contribution in [0.15, 0.2) is 194 Å². The standard InChI is InChI=1S/C47H32N2/c1-5-15-34(16-6-1)44-32-45(35-17-7-2-8-18-35)49-46(48-44)36-27-25-33(26-28-36)37-29-30-43-41(31-37)40-23-13-14-24-42(40)47(43,38-19-9-3-10-20-38)39-21-11-4-12-22-39/h1-32H. The van der Waals surface area contributed by atoms with E-state index in [0.717, 1.165) is 33.6 Å². The number of fused-ring (bicyclic) bond motifs is 3. The topological polar surface area (TPSA) is 25.8 Å². The van der Waals surface area contributed by atoms with E-state index in [1.54, 1.807) is 0 Å². The third-order valence-electron chi connectivity index (χ3n) is 9.80. The average Bonchev–Trinajstić information content (AvgIpc) is 3.49. The minimum atomic E-state index is -0.394. The summed E-state index contributed by atoms with van der Waals surface area (Å²) in [5, 5.41) is 0. The highest BCUT2D eigenvalue weighted by Gasteiger charge is 2.45. The van der Waals surface area contributed by atoms with E-state index in [0.29, 0.717) is 5.82 Å². The molecule has 0 atom stereocenters. The number of hydrogen-bond acceptors (Lipinski definition) is 2. The zero-order valence-corrected chi connectivity index (χ0v) is 26.9. The van der Waals surface area contributed by atoms with Gasteiger partial charge >= 0.3 is 0 Å². The van der Waals surface area contributed by atoms with Gasteiger partial charge in [0.05, 0.1) is 16.8 Å². The highest BCUT2D eigenvalue weighted by Crippen LogP contribution is 2.56. The van der Waals surface area contributed by atoms with Crippen molar-refractivity contribution in [2.45, 2.75) is 5.41 Å². The van der Waals surface area contributed by atoms with E-state index >= 15 is 0 Å².